The van der Waals surface area contributed by atoms with Gasteiger partial charge in [-0.2, -0.15) is 13.2 Å². The Morgan fingerprint density at radius 3 is 2.56 bits per heavy atom. The Kier molecular flexibility index (Phi) is 5.57. The van der Waals surface area contributed by atoms with Crippen LogP contribution in [0.1, 0.15) is 17.0 Å². The van der Waals surface area contributed by atoms with Crippen molar-refractivity contribution >= 4 is 11.6 Å². The van der Waals surface area contributed by atoms with Crippen molar-refractivity contribution in [1.29, 1.82) is 0 Å². The van der Waals surface area contributed by atoms with E-state index in [9.17, 15) is 13.2 Å². The predicted octanol–water partition coefficient (Wildman–Crippen LogP) is 2.90. The normalized spacial score (nSPS) is 16.0. The van der Waals surface area contributed by atoms with Crippen LogP contribution in [0.4, 0.5) is 18.9 Å². The number of anilines is 1. The number of aliphatic imine (C=N–C) groups is 1. The van der Waals surface area contributed by atoms with Gasteiger partial charge in [-0.05, 0) is 25.1 Å². The molecular formula is C18H22F3N5O. The molecule has 2 aromatic rings. The fraction of sp³-hybridized carbons (Fsp3) is 0.444. The number of rotatable bonds is 3. The van der Waals surface area contributed by atoms with E-state index in [2.05, 4.69) is 20.4 Å². The van der Waals surface area contributed by atoms with Crippen molar-refractivity contribution in [3.8, 4) is 0 Å². The average Bonchev–Trinajstić information content (AvgIpc) is 3.07. The smallest absolute Gasteiger partial charge is 0.368 e. The zero-order valence-electron chi connectivity index (χ0n) is 15.3. The molecule has 1 aliphatic heterocycles. The zero-order valence-corrected chi connectivity index (χ0v) is 15.3. The number of hydrogen-bond donors (Lipinski definition) is 1. The highest BCUT2D eigenvalue weighted by Gasteiger charge is 2.31. The molecule has 1 aromatic heterocycles. The molecule has 0 atom stereocenters. The molecule has 9 heteroatoms. The Hall–Kier alpha value is -2.71. The summed E-state index contributed by atoms with van der Waals surface area (Å²) in [6.07, 6.45) is -4.33. The highest BCUT2D eigenvalue weighted by atomic mass is 19.4. The molecule has 1 fully saturated rings. The topological polar surface area (TPSA) is 56.9 Å². The minimum Gasteiger partial charge on any atom is -0.368 e. The Morgan fingerprint density at radius 1 is 1.22 bits per heavy atom. The molecule has 0 amide bonds. The number of alkyl halides is 3. The number of piperazine rings is 1. The maximum atomic E-state index is 12.9. The van der Waals surface area contributed by atoms with Crippen LogP contribution in [0.25, 0.3) is 0 Å². The molecule has 0 unspecified atom stereocenters. The summed E-state index contributed by atoms with van der Waals surface area (Å²) in [5.41, 5.74) is 0.781. The lowest BCUT2D eigenvalue weighted by molar-refractivity contribution is -0.137. The second-order valence-corrected chi connectivity index (χ2v) is 6.36. The Bertz CT molecular complexity index is 794. The molecule has 6 nitrogen and oxygen atoms in total. The molecular weight excluding hydrogens is 359 g/mol. The summed E-state index contributed by atoms with van der Waals surface area (Å²) in [6, 6.07) is 7.31. The molecule has 1 aliphatic rings. The lowest BCUT2D eigenvalue weighted by Gasteiger charge is -2.37. The van der Waals surface area contributed by atoms with E-state index in [0.29, 0.717) is 38.4 Å². The van der Waals surface area contributed by atoms with E-state index in [0.717, 1.165) is 23.5 Å². The number of aryl methyl sites for hydroxylation is 1. The van der Waals surface area contributed by atoms with Gasteiger partial charge in [0.25, 0.3) is 0 Å². The quantitative estimate of drug-likeness (QED) is 0.655. The third-order valence-electron chi connectivity index (χ3n) is 4.43. The third kappa shape index (κ3) is 4.72. The van der Waals surface area contributed by atoms with Crippen LogP contribution >= 0.6 is 0 Å². The van der Waals surface area contributed by atoms with Crippen molar-refractivity contribution in [3.05, 3.63) is 47.3 Å². The van der Waals surface area contributed by atoms with E-state index in [1.807, 2.05) is 17.9 Å². The van der Waals surface area contributed by atoms with E-state index in [-0.39, 0.29) is 0 Å². The number of hydrogen-bond acceptors (Lipinski definition) is 4. The average molecular weight is 381 g/mol. The highest BCUT2D eigenvalue weighted by Crippen LogP contribution is 2.31. The van der Waals surface area contributed by atoms with Gasteiger partial charge in [-0.1, -0.05) is 11.2 Å². The van der Waals surface area contributed by atoms with Crippen LogP contribution in [0.2, 0.25) is 0 Å². The van der Waals surface area contributed by atoms with Crippen LogP contribution in [0, 0.1) is 6.92 Å². The first-order valence-corrected chi connectivity index (χ1v) is 8.67. The SMILES string of the molecule is CN=C(NCc1cc(C)no1)N1CCN(c2cccc(C(F)(F)F)c2)CC1. The minimum absolute atomic E-state index is 0.474. The van der Waals surface area contributed by atoms with Gasteiger partial charge in [-0.15, -0.1) is 0 Å². The molecule has 146 valence electrons. The van der Waals surface area contributed by atoms with Gasteiger partial charge in [0.2, 0.25) is 0 Å². The highest BCUT2D eigenvalue weighted by molar-refractivity contribution is 5.80. The number of guanidine groups is 1. The molecule has 0 aliphatic carbocycles. The first-order chi connectivity index (χ1) is 12.9. The van der Waals surface area contributed by atoms with Gasteiger partial charge < -0.3 is 19.6 Å². The standard InChI is InChI=1S/C18H22F3N5O/c1-13-10-16(27-24-13)12-23-17(22-2)26-8-6-25(7-9-26)15-5-3-4-14(11-15)18(19,20)21/h3-5,10-11H,6-9,12H2,1-2H3,(H,22,23). The molecule has 0 radical (unpaired) electrons. The van der Waals surface area contributed by atoms with Crippen LogP contribution in [-0.2, 0) is 12.7 Å². The number of halogens is 3. The summed E-state index contributed by atoms with van der Waals surface area (Å²) < 4.78 is 43.9. The van der Waals surface area contributed by atoms with Gasteiger partial charge in [0.05, 0.1) is 17.8 Å². The summed E-state index contributed by atoms with van der Waals surface area (Å²) >= 11 is 0. The minimum atomic E-state index is -4.33. The van der Waals surface area contributed by atoms with Crippen LogP contribution in [0.15, 0.2) is 39.8 Å². The molecule has 1 saturated heterocycles. The van der Waals surface area contributed by atoms with E-state index >= 15 is 0 Å². The molecule has 0 bridgehead atoms. The van der Waals surface area contributed by atoms with Gasteiger partial charge in [-0.3, -0.25) is 4.99 Å². The maximum Gasteiger partial charge on any atom is 0.416 e. The van der Waals surface area contributed by atoms with Crippen LogP contribution in [-0.4, -0.2) is 49.2 Å². The number of nitrogens with zero attached hydrogens (tertiary/aromatic N) is 4. The lowest BCUT2D eigenvalue weighted by Crippen LogP contribution is -2.52. The fourth-order valence-electron chi connectivity index (χ4n) is 3.05. The second-order valence-electron chi connectivity index (χ2n) is 6.36. The Balaban J connectivity index is 1.57. The number of aromatic nitrogens is 1. The van der Waals surface area contributed by atoms with E-state index in [1.54, 1.807) is 13.1 Å². The van der Waals surface area contributed by atoms with Gasteiger partial charge in [-0.25, -0.2) is 0 Å². The van der Waals surface area contributed by atoms with Crippen molar-refractivity contribution in [1.82, 2.24) is 15.4 Å². The summed E-state index contributed by atoms with van der Waals surface area (Å²) in [5.74, 6) is 1.45. The summed E-state index contributed by atoms with van der Waals surface area (Å²) in [6.45, 7) is 4.87. The third-order valence-corrected chi connectivity index (χ3v) is 4.43. The lowest BCUT2D eigenvalue weighted by atomic mass is 10.1. The van der Waals surface area contributed by atoms with E-state index in [1.165, 1.54) is 12.1 Å². The summed E-state index contributed by atoms with van der Waals surface area (Å²) in [4.78, 5) is 8.31. The molecule has 0 saturated carbocycles. The molecule has 1 N–H and O–H groups in total. The van der Waals surface area contributed by atoms with E-state index < -0.39 is 11.7 Å². The second kappa shape index (κ2) is 7.89. The zero-order chi connectivity index (χ0) is 19.4. The van der Waals surface area contributed by atoms with Gasteiger partial charge in [0.15, 0.2) is 11.7 Å². The molecule has 0 spiro atoms. The van der Waals surface area contributed by atoms with Crippen molar-refractivity contribution in [2.45, 2.75) is 19.6 Å². The van der Waals surface area contributed by atoms with E-state index in [4.69, 9.17) is 4.52 Å². The molecule has 1 aromatic carbocycles. The molecule has 2 heterocycles. The van der Waals surface area contributed by atoms with Crippen molar-refractivity contribution in [3.63, 3.8) is 0 Å². The van der Waals surface area contributed by atoms with Crippen LogP contribution < -0.4 is 10.2 Å². The fourth-order valence-corrected chi connectivity index (χ4v) is 3.05. The Morgan fingerprint density at radius 2 is 1.96 bits per heavy atom. The van der Waals surface area contributed by atoms with Crippen molar-refractivity contribution in [2.24, 2.45) is 4.99 Å². The predicted molar refractivity (Wildman–Crippen MR) is 96.7 cm³/mol. The largest absolute Gasteiger partial charge is 0.416 e. The monoisotopic (exact) mass is 381 g/mol. The summed E-state index contributed by atoms with van der Waals surface area (Å²) in [5, 5.41) is 7.07. The van der Waals surface area contributed by atoms with Crippen molar-refractivity contribution in [2.75, 3.05) is 38.1 Å². The number of nitrogens with one attached hydrogen (secondary N) is 1. The first kappa shape index (κ1) is 19.1. The van der Waals surface area contributed by atoms with Gasteiger partial charge >= 0.3 is 6.18 Å². The maximum absolute atomic E-state index is 12.9. The van der Waals surface area contributed by atoms with Gasteiger partial charge in [0, 0.05) is 45.0 Å². The summed E-state index contributed by atoms with van der Waals surface area (Å²) in [7, 11) is 1.70. The van der Waals surface area contributed by atoms with Crippen LogP contribution in [0.3, 0.4) is 0 Å². The van der Waals surface area contributed by atoms with Gasteiger partial charge in [0.1, 0.15) is 0 Å². The van der Waals surface area contributed by atoms with Crippen LogP contribution in [0.5, 0.6) is 0 Å². The molecule has 3 rings (SSSR count). The van der Waals surface area contributed by atoms with Crippen molar-refractivity contribution < 1.29 is 17.7 Å². The Labute approximate surface area is 155 Å². The first-order valence-electron chi connectivity index (χ1n) is 8.67. The number of benzene rings is 1. The molecule has 27 heavy (non-hydrogen) atoms.